The Hall–Kier alpha value is -2.65. The Morgan fingerprint density at radius 2 is 1.75 bits per heavy atom. The van der Waals surface area contributed by atoms with Crippen molar-refractivity contribution in [1.29, 1.82) is 0 Å². The van der Waals surface area contributed by atoms with E-state index in [9.17, 15) is 15.1 Å². The van der Waals surface area contributed by atoms with Gasteiger partial charge >= 0.3 is 0 Å². The summed E-state index contributed by atoms with van der Waals surface area (Å²) in [5, 5.41) is 26.3. The van der Waals surface area contributed by atoms with Gasteiger partial charge in [0.05, 0.1) is 20.2 Å². The lowest BCUT2D eigenvalue weighted by molar-refractivity contribution is -0.877. The quantitative estimate of drug-likeness (QED) is 0.456. The minimum absolute atomic E-state index is 0.110. The molecule has 0 bridgehead atoms. The summed E-state index contributed by atoms with van der Waals surface area (Å²) < 4.78 is 10.4. The molecule has 32 heavy (non-hydrogen) atoms. The Balaban J connectivity index is 1.44. The predicted molar refractivity (Wildman–Crippen MR) is 124 cm³/mol. The van der Waals surface area contributed by atoms with Crippen LogP contribution in [0.25, 0.3) is 0 Å². The smallest absolute Gasteiger partial charge is 0.279 e. The maximum absolute atomic E-state index is 13.1. The first-order valence-electron chi connectivity index (χ1n) is 10.9. The number of carbonyl (C=O) groups is 1. The molecule has 1 heterocycles. The molecule has 1 amide bonds. The number of aryl methyl sites for hydroxylation is 2. The number of carbonyl (C=O) groups excluding carboxylic acids is 1. The number of β-amino-alcohol motifs (C(OH)–C–C–N with tert-alkyl or cyclic N) is 1. The highest BCUT2D eigenvalue weighted by Gasteiger charge is 2.29. The molecule has 3 rings (SSSR count). The van der Waals surface area contributed by atoms with E-state index in [0.717, 1.165) is 16.8 Å². The van der Waals surface area contributed by atoms with Crippen LogP contribution in [-0.4, -0.2) is 79.6 Å². The summed E-state index contributed by atoms with van der Waals surface area (Å²) in [5.41, 5.74) is 2.73. The number of aliphatic hydroxyl groups excluding tert-OH is 1. The van der Waals surface area contributed by atoms with Gasteiger partial charge in [-0.05, 0) is 37.1 Å². The van der Waals surface area contributed by atoms with Crippen molar-refractivity contribution in [3.8, 4) is 11.5 Å². The number of quaternary nitrogens is 1. The lowest BCUT2D eigenvalue weighted by Crippen LogP contribution is -2.59. The zero-order chi connectivity index (χ0) is 23.1. The molecule has 8 nitrogen and oxygen atoms in total. The number of methoxy groups -OCH3 is 1. The van der Waals surface area contributed by atoms with Crippen LogP contribution in [0.1, 0.15) is 11.1 Å². The first-order valence-corrected chi connectivity index (χ1v) is 10.9. The van der Waals surface area contributed by atoms with E-state index in [0.29, 0.717) is 44.2 Å². The van der Waals surface area contributed by atoms with Crippen LogP contribution in [0, 0.1) is 19.1 Å². The number of nitrogens with one attached hydrogen (secondary N) is 1. The molecule has 8 heteroatoms. The molecule has 2 aromatic rings. The molecule has 0 aliphatic carbocycles. The average Bonchev–Trinajstić information content (AvgIpc) is 2.77. The van der Waals surface area contributed by atoms with Gasteiger partial charge in [0.2, 0.25) is 0 Å². The van der Waals surface area contributed by atoms with E-state index in [1.165, 1.54) is 0 Å². The number of aliphatic hydroxyl groups is 1. The second-order valence-corrected chi connectivity index (χ2v) is 8.39. The first-order chi connectivity index (χ1) is 15.3. The van der Waals surface area contributed by atoms with Crippen molar-refractivity contribution in [2.75, 3.05) is 58.3 Å². The van der Waals surface area contributed by atoms with E-state index >= 15 is 0 Å². The Morgan fingerprint density at radius 1 is 1.12 bits per heavy atom. The van der Waals surface area contributed by atoms with Crippen LogP contribution in [0.2, 0.25) is 0 Å². The van der Waals surface area contributed by atoms with Crippen LogP contribution < -0.4 is 14.8 Å². The fourth-order valence-electron chi connectivity index (χ4n) is 3.94. The zero-order valence-corrected chi connectivity index (χ0v) is 19.0. The van der Waals surface area contributed by atoms with Gasteiger partial charge in [-0.25, -0.2) is 0 Å². The van der Waals surface area contributed by atoms with Crippen molar-refractivity contribution in [2.24, 2.45) is 0 Å². The maximum atomic E-state index is 13.1. The molecule has 1 atom stereocenters. The van der Waals surface area contributed by atoms with Crippen molar-refractivity contribution >= 4 is 11.6 Å². The third-order valence-corrected chi connectivity index (χ3v) is 5.79. The van der Waals surface area contributed by atoms with Gasteiger partial charge in [-0.2, -0.15) is 0 Å². The summed E-state index contributed by atoms with van der Waals surface area (Å²) in [6.45, 7) is 5.95. The largest absolute Gasteiger partial charge is 0.632 e. The van der Waals surface area contributed by atoms with Crippen LogP contribution in [0.4, 0.5) is 5.69 Å². The highest BCUT2D eigenvalue weighted by atomic mass is 16.5. The van der Waals surface area contributed by atoms with Crippen molar-refractivity contribution in [3.63, 3.8) is 0 Å². The molecule has 1 saturated heterocycles. The van der Waals surface area contributed by atoms with E-state index in [1.807, 2.05) is 49.1 Å². The maximum Gasteiger partial charge on any atom is 0.279 e. The van der Waals surface area contributed by atoms with Crippen LogP contribution in [0.3, 0.4) is 0 Å². The number of rotatable bonds is 9. The topological polar surface area (TPSA) is 94.1 Å². The zero-order valence-electron chi connectivity index (χ0n) is 19.0. The van der Waals surface area contributed by atoms with Crippen molar-refractivity contribution < 1.29 is 24.0 Å². The monoisotopic (exact) mass is 443 g/mol. The molecule has 1 aliphatic heterocycles. The molecule has 174 valence electrons. The summed E-state index contributed by atoms with van der Waals surface area (Å²) in [6, 6.07) is 13.1. The van der Waals surface area contributed by atoms with E-state index in [2.05, 4.69) is 5.32 Å². The fraction of sp³-hybridized carbons (Fsp3) is 0.458. The van der Waals surface area contributed by atoms with Gasteiger partial charge in [0.1, 0.15) is 12.7 Å². The molecule has 2 N–H and O–H groups in total. The van der Waals surface area contributed by atoms with Gasteiger partial charge in [-0.3, -0.25) is 9.69 Å². The number of para-hydroxylation sites is 3. The summed E-state index contributed by atoms with van der Waals surface area (Å²) >= 11 is 0. The van der Waals surface area contributed by atoms with E-state index in [4.69, 9.17) is 9.47 Å². The number of benzene rings is 2. The van der Waals surface area contributed by atoms with Gasteiger partial charge in [0.25, 0.3) is 5.91 Å². The number of piperazine rings is 1. The Morgan fingerprint density at radius 3 is 2.38 bits per heavy atom. The normalized spacial score (nSPS) is 16.9. The van der Waals surface area contributed by atoms with Gasteiger partial charge in [0.15, 0.2) is 18.0 Å². The number of nitrogens with zero attached hydrogens (tertiary/aromatic N) is 2. The molecular weight excluding hydrogens is 410 g/mol. The fourth-order valence-corrected chi connectivity index (χ4v) is 3.94. The van der Waals surface area contributed by atoms with Crippen LogP contribution >= 0.6 is 0 Å². The molecule has 1 aliphatic rings. The van der Waals surface area contributed by atoms with Crippen molar-refractivity contribution in [1.82, 2.24) is 4.90 Å². The van der Waals surface area contributed by atoms with Gasteiger partial charge < -0.3 is 29.8 Å². The second-order valence-electron chi connectivity index (χ2n) is 8.39. The van der Waals surface area contributed by atoms with Crippen molar-refractivity contribution in [3.05, 3.63) is 58.8 Å². The Bertz CT molecular complexity index is 892. The minimum Gasteiger partial charge on any atom is -0.632 e. The minimum atomic E-state index is -0.695. The van der Waals surface area contributed by atoms with Crippen LogP contribution in [-0.2, 0) is 4.79 Å². The number of hydroxylamine groups is 3. The van der Waals surface area contributed by atoms with Gasteiger partial charge in [0, 0.05) is 25.3 Å². The molecule has 1 unspecified atom stereocenters. The molecule has 2 aromatic carbocycles. The molecule has 0 saturated carbocycles. The number of hydrogen-bond acceptors (Lipinski definition) is 6. The average molecular weight is 444 g/mol. The van der Waals surface area contributed by atoms with E-state index in [1.54, 1.807) is 19.2 Å². The summed E-state index contributed by atoms with van der Waals surface area (Å²) in [5.74, 6) is 0.930. The first kappa shape index (κ1) is 24.0. The highest BCUT2D eigenvalue weighted by molar-refractivity contribution is 5.93. The third-order valence-electron chi connectivity index (χ3n) is 5.79. The third kappa shape index (κ3) is 6.43. The molecule has 0 aromatic heterocycles. The summed E-state index contributed by atoms with van der Waals surface area (Å²) in [7, 11) is 1.57. The Labute approximate surface area is 189 Å². The number of amides is 1. The second kappa shape index (κ2) is 10.8. The predicted octanol–water partition coefficient (Wildman–Crippen LogP) is 2.32. The SMILES string of the molecule is COc1ccccc1OCC(O)CN1CC[N+]([O-])(CC(=O)Nc2c(C)cccc2C)CC1. The van der Waals surface area contributed by atoms with Crippen LogP contribution in [0.15, 0.2) is 42.5 Å². The molecular formula is C24H33N3O5. The van der Waals surface area contributed by atoms with E-state index in [-0.39, 0.29) is 19.1 Å². The summed E-state index contributed by atoms with van der Waals surface area (Å²) in [4.78, 5) is 14.6. The lowest BCUT2D eigenvalue weighted by Gasteiger charge is -2.47. The molecule has 1 fully saturated rings. The molecule has 0 radical (unpaired) electrons. The number of hydrogen-bond donors (Lipinski definition) is 2. The number of anilines is 1. The van der Waals surface area contributed by atoms with Crippen molar-refractivity contribution in [2.45, 2.75) is 20.0 Å². The lowest BCUT2D eigenvalue weighted by atomic mass is 10.1. The molecule has 0 spiro atoms. The summed E-state index contributed by atoms with van der Waals surface area (Å²) in [6.07, 6.45) is -0.695. The van der Waals surface area contributed by atoms with Gasteiger partial charge in [-0.15, -0.1) is 0 Å². The van der Waals surface area contributed by atoms with Gasteiger partial charge in [-0.1, -0.05) is 30.3 Å². The van der Waals surface area contributed by atoms with Crippen LogP contribution in [0.5, 0.6) is 11.5 Å². The Kier molecular flexibility index (Phi) is 8.09. The standard InChI is InChI=1S/C24H33N3O5/c1-18-7-6-8-19(2)24(18)25-23(29)16-27(30)13-11-26(12-14-27)15-20(28)17-32-22-10-5-4-9-21(22)31-3/h4-10,20,28H,11-17H2,1-3H3,(H,25,29). The van der Waals surface area contributed by atoms with E-state index < -0.39 is 10.8 Å². The number of ether oxygens (including phenoxy) is 2. The highest BCUT2D eigenvalue weighted by Crippen LogP contribution is 2.26.